The predicted molar refractivity (Wildman–Crippen MR) is 99.4 cm³/mol. The number of likely N-dealkylation sites (N-methyl/N-ethyl adjacent to an activating group) is 1. The summed E-state index contributed by atoms with van der Waals surface area (Å²) in [6, 6.07) is 7.80. The second kappa shape index (κ2) is 8.54. The molecule has 0 bridgehead atoms. The van der Waals surface area contributed by atoms with Gasteiger partial charge in [0.2, 0.25) is 11.8 Å². The average Bonchev–Trinajstić information content (AvgIpc) is 3.02. The molecule has 7 heteroatoms. The van der Waals surface area contributed by atoms with Gasteiger partial charge < -0.3 is 19.9 Å². The molecule has 0 radical (unpaired) electrons. The summed E-state index contributed by atoms with van der Waals surface area (Å²) in [5.74, 6) is 0.478. The van der Waals surface area contributed by atoms with Gasteiger partial charge in [-0.1, -0.05) is 12.1 Å². The molecule has 138 valence electrons. The number of rotatable bonds is 4. The number of hydrogen-bond donors (Lipinski definition) is 1. The number of nitrogens with one attached hydrogen (secondary N) is 1. The minimum atomic E-state index is -0.266. The maximum absolute atomic E-state index is 12.8. The smallest absolute Gasteiger partial charge is 0.228 e. The van der Waals surface area contributed by atoms with E-state index in [4.69, 9.17) is 4.74 Å². The highest BCUT2D eigenvalue weighted by molar-refractivity contribution is 6.01. The predicted octanol–water partition coefficient (Wildman–Crippen LogP) is 1.68. The van der Waals surface area contributed by atoms with E-state index in [0.29, 0.717) is 18.3 Å². The normalized spacial score (nSPS) is 23.4. The zero-order valence-electron chi connectivity index (χ0n) is 14.7. The lowest BCUT2D eigenvalue weighted by atomic mass is 10.0. The zero-order valence-corrected chi connectivity index (χ0v) is 15.6. The third-order valence-electron chi connectivity index (χ3n) is 4.99. The molecule has 0 aliphatic carbocycles. The molecule has 3 rings (SSSR count). The molecule has 2 aliphatic heterocycles. The Morgan fingerprint density at radius 2 is 2.04 bits per heavy atom. The molecule has 2 amide bonds. The van der Waals surface area contributed by atoms with Crippen LogP contribution in [0.25, 0.3) is 0 Å². The van der Waals surface area contributed by atoms with Gasteiger partial charge in [-0.2, -0.15) is 0 Å². The third kappa shape index (κ3) is 4.07. The van der Waals surface area contributed by atoms with E-state index in [0.717, 1.165) is 31.6 Å². The largest absolute Gasteiger partial charge is 0.495 e. The van der Waals surface area contributed by atoms with Crippen molar-refractivity contribution in [1.82, 2.24) is 10.2 Å². The van der Waals surface area contributed by atoms with Gasteiger partial charge in [0.25, 0.3) is 0 Å². The molecule has 2 saturated heterocycles. The van der Waals surface area contributed by atoms with E-state index >= 15 is 0 Å². The Labute approximate surface area is 154 Å². The summed E-state index contributed by atoms with van der Waals surface area (Å²) in [6.07, 6.45) is 2.38. The van der Waals surface area contributed by atoms with Gasteiger partial charge in [0.1, 0.15) is 5.75 Å². The number of methoxy groups -OCH3 is 1. The van der Waals surface area contributed by atoms with Crippen molar-refractivity contribution in [2.24, 2.45) is 5.92 Å². The number of carbonyl (C=O) groups excluding carboxylic acids is 2. The molecule has 0 saturated carbocycles. The number of amides is 2. The van der Waals surface area contributed by atoms with Gasteiger partial charge in [-0.05, 0) is 32.0 Å². The molecule has 0 spiro atoms. The molecule has 2 atom stereocenters. The van der Waals surface area contributed by atoms with Crippen LogP contribution in [-0.4, -0.2) is 56.5 Å². The van der Waals surface area contributed by atoms with E-state index in [1.54, 1.807) is 12.0 Å². The summed E-state index contributed by atoms with van der Waals surface area (Å²) in [7, 11) is 3.52. The Hall–Kier alpha value is -1.79. The van der Waals surface area contributed by atoms with Crippen molar-refractivity contribution in [1.29, 1.82) is 0 Å². The highest BCUT2D eigenvalue weighted by Gasteiger charge is 2.38. The van der Waals surface area contributed by atoms with E-state index < -0.39 is 0 Å². The molecule has 1 aromatic carbocycles. The molecular formula is C18H26ClN3O3. The number of hydrogen-bond acceptors (Lipinski definition) is 4. The Bertz CT molecular complexity index is 625. The van der Waals surface area contributed by atoms with Gasteiger partial charge >= 0.3 is 0 Å². The van der Waals surface area contributed by atoms with Crippen molar-refractivity contribution in [3.63, 3.8) is 0 Å². The van der Waals surface area contributed by atoms with Crippen LogP contribution < -0.4 is 15.0 Å². The molecule has 6 nitrogen and oxygen atoms in total. The van der Waals surface area contributed by atoms with Crippen molar-refractivity contribution >= 4 is 29.9 Å². The molecule has 2 heterocycles. The molecule has 2 unspecified atom stereocenters. The van der Waals surface area contributed by atoms with Gasteiger partial charge in [0.15, 0.2) is 0 Å². The van der Waals surface area contributed by atoms with Gasteiger partial charge in [0.05, 0.1) is 18.7 Å². The summed E-state index contributed by atoms with van der Waals surface area (Å²) >= 11 is 0. The first kappa shape index (κ1) is 19.5. The van der Waals surface area contributed by atoms with Crippen LogP contribution in [0.4, 0.5) is 5.69 Å². The highest BCUT2D eigenvalue weighted by atomic mass is 35.5. The molecule has 1 N–H and O–H groups in total. The molecule has 1 aromatic rings. The van der Waals surface area contributed by atoms with Gasteiger partial charge in [0, 0.05) is 32.1 Å². The first-order valence-electron chi connectivity index (χ1n) is 8.53. The zero-order chi connectivity index (χ0) is 17.1. The van der Waals surface area contributed by atoms with E-state index in [-0.39, 0.29) is 36.6 Å². The Morgan fingerprint density at radius 1 is 1.28 bits per heavy atom. The number of anilines is 1. The summed E-state index contributed by atoms with van der Waals surface area (Å²) < 4.78 is 5.35. The summed E-state index contributed by atoms with van der Waals surface area (Å²) in [5.41, 5.74) is 0.743. The lowest BCUT2D eigenvalue weighted by Gasteiger charge is -2.34. The fourth-order valence-corrected chi connectivity index (χ4v) is 3.63. The van der Waals surface area contributed by atoms with Crippen molar-refractivity contribution in [2.75, 3.05) is 38.7 Å². The van der Waals surface area contributed by atoms with Gasteiger partial charge in [-0.15, -0.1) is 12.4 Å². The molecule has 2 fully saturated rings. The van der Waals surface area contributed by atoms with Crippen LogP contribution >= 0.6 is 12.4 Å². The van der Waals surface area contributed by atoms with Crippen LogP contribution in [0.5, 0.6) is 5.75 Å². The minimum Gasteiger partial charge on any atom is -0.495 e. The first-order chi connectivity index (χ1) is 11.6. The maximum atomic E-state index is 12.8. The number of para-hydroxylation sites is 2. The van der Waals surface area contributed by atoms with Crippen molar-refractivity contribution in [2.45, 2.75) is 25.3 Å². The number of carbonyl (C=O) groups is 2. The molecule has 0 aromatic heterocycles. The average molecular weight is 368 g/mol. The molecule has 25 heavy (non-hydrogen) atoms. The quantitative estimate of drug-likeness (QED) is 0.879. The monoisotopic (exact) mass is 367 g/mol. The van der Waals surface area contributed by atoms with Crippen LogP contribution in [0.1, 0.15) is 19.3 Å². The van der Waals surface area contributed by atoms with Crippen molar-refractivity contribution < 1.29 is 14.3 Å². The Balaban J connectivity index is 0.00000225. The second-order valence-electron chi connectivity index (χ2n) is 6.49. The number of ether oxygens (including phenoxy) is 1. The standard InChI is InChI=1S/C18H25N3O3.ClH/c1-19-14-6-5-9-20(12-14)18(23)13-10-17(22)21(11-13)15-7-3-4-8-16(15)24-2;/h3-4,7-8,13-14,19H,5-6,9-12H2,1-2H3;1H. The van der Waals surface area contributed by atoms with E-state index in [1.807, 2.05) is 36.2 Å². The number of likely N-dealkylation sites (tertiary alicyclic amines) is 1. The van der Waals surface area contributed by atoms with Crippen molar-refractivity contribution in [3.8, 4) is 5.75 Å². The summed E-state index contributed by atoms with van der Waals surface area (Å²) in [4.78, 5) is 28.9. The lowest BCUT2D eigenvalue weighted by Crippen LogP contribution is -2.49. The first-order valence-corrected chi connectivity index (χ1v) is 8.53. The third-order valence-corrected chi connectivity index (χ3v) is 4.99. The van der Waals surface area contributed by atoms with E-state index in [1.165, 1.54) is 0 Å². The van der Waals surface area contributed by atoms with Crippen LogP contribution in [0.2, 0.25) is 0 Å². The van der Waals surface area contributed by atoms with Gasteiger partial charge in [-0.25, -0.2) is 0 Å². The number of benzene rings is 1. The maximum Gasteiger partial charge on any atom is 0.228 e. The topological polar surface area (TPSA) is 61.9 Å². The number of piperidine rings is 1. The molecular weight excluding hydrogens is 342 g/mol. The van der Waals surface area contributed by atoms with Crippen molar-refractivity contribution in [3.05, 3.63) is 24.3 Å². The number of halogens is 1. The summed E-state index contributed by atoms with van der Waals surface area (Å²) in [6.45, 7) is 1.95. The van der Waals surface area contributed by atoms with Crippen LogP contribution in [0, 0.1) is 5.92 Å². The SMILES string of the molecule is CNC1CCCN(C(=O)C2CC(=O)N(c3ccccc3OC)C2)C1.Cl. The van der Waals surface area contributed by atoms with E-state index in [2.05, 4.69) is 5.32 Å². The van der Waals surface area contributed by atoms with Crippen LogP contribution in [0.15, 0.2) is 24.3 Å². The highest BCUT2D eigenvalue weighted by Crippen LogP contribution is 2.33. The fourth-order valence-electron chi connectivity index (χ4n) is 3.63. The second-order valence-corrected chi connectivity index (χ2v) is 6.49. The fraction of sp³-hybridized carbons (Fsp3) is 0.556. The summed E-state index contributed by atoms with van der Waals surface area (Å²) in [5, 5.41) is 3.25. The Morgan fingerprint density at radius 3 is 2.76 bits per heavy atom. The number of nitrogens with zero attached hydrogens (tertiary/aromatic N) is 2. The molecule has 2 aliphatic rings. The van der Waals surface area contributed by atoms with Gasteiger partial charge in [-0.3, -0.25) is 9.59 Å². The minimum absolute atomic E-state index is 0. The lowest BCUT2D eigenvalue weighted by molar-refractivity contribution is -0.137. The van der Waals surface area contributed by atoms with Crippen LogP contribution in [-0.2, 0) is 9.59 Å². The van der Waals surface area contributed by atoms with Crippen LogP contribution in [0.3, 0.4) is 0 Å². The van der Waals surface area contributed by atoms with E-state index in [9.17, 15) is 9.59 Å². The Kier molecular flexibility index (Phi) is 6.67.